The van der Waals surface area contributed by atoms with E-state index in [-0.39, 0.29) is 30.1 Å². The number of nitrogens with zero attached hydrogens (tertiary/aromatic N) is 3. The van der Waals surface area contributed by atoms with Crippen LogP contribution in [0.2, 0.25) is 0 Å². The molecule has 0 bridgehead atoms. The molecule has 10 heteroatoms. The Morgan fingerprint density at radius 3 is 2.97 bits per heavy atom. The summed E-state index contributed by atoms with van der Waals surface area (Å²) in [7, 11) is 0. The van der Waals surface area contributed by atoms with Crippen molar-refractivity contribution in [2.24, 2.45) is 0 Å². The van der Waals surface area contributed by atoms with Crippen LogP contribution in [0.1, 0.15) is 17.9 Å². The molecule has 0 saturated carbocycles. The molecule has 1 fully saturated rings. The minimum Gasteiger partial charge on any atom is -0.482 e. The highest BCUT2D eigenvalue weighted by Crippen LogP contribution is 2.34. The van der Waals surface area contributed by atoms with Gasteiger partial charge < -0.3 is 24.7 Å². The fourth-order valence-electron chi connectivity index (χ4n) is 4.92. The van der Waals surface area contributed by atoms with E-state index in [9.17, 15) is 14.4 Å². The minimum absolute atomic E-state index is 0.0110. The first-order valence-electron chi connectivity index (χ1n) is 11.3. The van der Waals surface area contributed by atoms with Gasteiger partial charge in [-0.3, -0.25) is 14.5 Å². The van der Waals surface area contributed by atoms with E-state index in [1.807, 2.05) is 12.1 Å². The molecule has 0 radical (unpaired) electrons. The fourth-order valence-corrected chi connectivity index (χ4v) is 4.92. The number of nitrogens with one attached hydrogen (secondary N) is 2. The fraction of sp³-hybridized carbons (Fsp3) is 0.333. The monoisotopic (exact) mass is 461 g/mol. The number of fused-ring (bicyclic) bond motifs is 1. The van der Waals surface area contributed by atoms with Gasteiger partial charge in [0.25, 0.3) is 11.5 Å². The maximum absolute atomic E-state index is 12.4. The predicted molar refractivity (Wildman–Crippen MR) is 124 cm³/mol. The number of ether oxygens (including phenoxy) is 2. The van der Waals surface area contributed by atoms with E-state index in [0.29, 0.717) is 43.2 Å². The third-order valence-corrected chi connectivity index (χ3v) is 6.55. The van der Waals surface area contributed by atoms with Crippen LogP contribution in [0, 0.1) is 0 Å². The smallest absolute Gasteiger partial charge is 0.414 e. The molecule has 1 saturated heterocycles. The number of amides is 2. The topological polar surface area (TPSA) is 115 Å². The molecule has 6 rings (SSSR count). The van der Waals surface area contributed by atoms with Crippen LogP contribution in [0.15, 0.2) is 47.4 Å². The molecule has 4 heterocycles. The Morgan fingerprint density at radius 2 is 2.06 bits per heavy atom. The Balaban J connectivity index is 1.05. The molecule has 2 aromatic carbocycles. The lowest BCUT2D eigenvalue weighted by Crippen LogP contribution is -2.29. The van der Waals surface area contributed by atoms with Gasteiger partial charge in [0.1, 0.15) is 11.9 Å². The van der Waals surface area contributed by atoms with Crippen LogP contribution < -0.4 is 25.8 Å². The van der Waals surface area contributed by atoms with Crippen LogP contribution in [0.5, 0.6) is 5.75 Å². The van der Waals surface area contributed by atoms with Crippen molar-refractivity contribution in [2.45, 2.75) is 25.0 Å². The van der Waals surface area contributed by atoms with Crippen LogP contribution in [0.3, 0.4) is 0 Å². The van der Waals surface area contributed by atoms with Gasteiger partial charge in [0.15, 0.2) is 6.61 Å². The first kappa shape index (κ1) is 20.7. The lowest BCUT2D eigenvalue weighted by molar-refractivity contribution is -0.118. The average Bonchev–Trinajstić information content (AvgIpc) is 3.40. The summed E-state index contributed by atoms with van der Waals surface area (Å²) in [6.45, 7) is 2.45. The second-order valence-corrected chi connectivity index (χ2v) is 8.75. The number of benzene rings is 2. The Hall–Kier alpha value is -3.92. The highest BCUT2D eigenvalue weighted by atomic mass is 16.6. The molecule has 2 N–H and O–H groups in total. The first-order chi connectivity index (χ1) is 16.6. The SMILES string of the molecule is O=C1COc2ccc(N3C[C@H](CCNC[C@H]4Cn5c(=O)cnc6cccc4c65)OC3=O)cc2N1. The summed E-state index contributed by atoms with van der Waals surface area (Å²) >= 11 is 0. The van der Waals surface area contributed by atoms with Crippen molar-refractivity contribution in [2.75, 3.05) is 36.5 Å². The van der Waals surface area contributed by atoms with Crippen LogP contribution in [0.4, 0.5) is 16.2 Å². The number of rotatable bonds is 6. The van der Waals surface area contributed by atoms with Crippen LogP contribution in [-0.2, 0) is 16.1 Å². The quantitative estimate of drug-likeness (QED) is 0.538. The van der Waals surface area contributed by atoms with Gasteiger partial charge in [0, 0.05) is 24.7 Å². The zero-order valence-corrected chi connectivity index (χ0v) is 18.3. The van der Waals surface area contributed by atoms with E-state index in [0.717, 1.165) is 23.1 Å². The number of cyclic esters (lactones) is 1. The van der Waals surface area contributed by atoms with E-state index in [2.05, 4.69) is 21.7 Å². The Morgan fingerprint density at radius 1 is 1.15 bits per heavy atom. The van der Waals surface area contributed by atoms with Gasteiger partial charge in [0.2, 0.25) is 0 Å². The summed E-state index contributed by atoms with van der Waals surface area (Å²) in [6, 6.07) is 11.2. The second kappa shape index (κ2) is 8.14. The predicted octanol–water partition coefficient (Wildman–Crippen LogP) is 1.83. The van der Waals surface area contributed by atoms with Crippen molar-refractivity contribution < 1.29 is 19.1 Å². The van der Waals surface area contributed by atoms with E-state index in [1.165, 1.54) is 6.20 Å². The molecule has 1 aromatic heterocycles. The summed E-state index contributed by atoms with van der Waals surface area (Å²) in [5.41, 5.74) is 4.03. The molecule has 0 spiro atoms. The molecular weight excluding hydrogens is 438 g/mol. The third kappa shape index (κ3) is 3.56. The minimum atomic E-state index is -0.405. The zero-order chi connectivity index (χ0) is 23.2. The van der Waals surface area contributed by atoms with Crippen molar-refractivity contribution in [3.63, 3.8) is 0 Å². The average molecular weight is 461 g/mol. The van der Waals surface area contributed by atoms with Crippen molar-refractivity contribution in [1.29, 1.82) is 0 Å². The highest BCUT2D eigenvalue weighted by molar-refractivity contribution is 5.97. The molecule has 0 aliphatic carbocycles. The highest BCUT2D eigenvalue weighted by Gasteiger charge is 2.33. The van der Waals surface area contributed by atoms with E-state index < -0.39 is 6.09 Å². The van der Waals surface area contributed by atoms with Gasteiger partial charge in [-0.25, -0.2) is 9.78 Å². The molecular formula is C24H23N5O5. The van der Waals surface area contributed by atoms with Crippen molar-refractivity contribution in [3.05, 3.63) is 58.5 Å². The number of hydrogen-bond acceptors (Lipinski definition) is 7. The standard InChI is InChI=1S/C24H23N5O5/c30-21-13-33-20-5-4-15(8-19(20)27-21)28-12-16(34-24(28)32)6-7-25-9-14-11-29-22(31)10-26-18-3-1-2-17(14)23(18)29/h1-5,8,10,14,16,25H,6-7,9,11-13H2,(H,27,30)/t14-,16-/m0/s1. The van der Waals surface area contributed by atoms with Gasteiger partial charge >= 0.3 is 6.09 Å². The van der Waals surface area contributed by atoms with Gasteiger partial charge in [0.05, 0.1) is 29.5 Å². The van der Waals surface area contributed by atoms with Gasteiger partial charge in [-0.05, 0) is 42.8 Å². The van der Waals surface area contributed by atoms with Crippen molar-refractivity contribution in [3.8, 4) is 5.75 Å². The summed E-state index contributed by atoms with van der Waals surface area (Å²) in [5.74, 6) is 0.552. The van der Waals surface area contributed by atoms with E-state index in [4.69, 9.17) is 9.47 Å². The largest absolute Gasteiger partial charge is 0.482 e. The summed E-state index contributed by atoms with van der Waals surface area (Å²) in [6.07, 6.45) is 1.40. The van der Waals surface area contributed by atoms with Crippen LogP contribution in [-0.4, -0.2) is 53.9 Å². The Bertz CT molecular complexity index is 1370. The van der Waals surface area contributed by atoms with E-state index in [1.54, 1.807) is 27.7 Å². The van der Waals surface area contributed by atoms with Gasteiger partial charge in [-0.1, -0.05) is 12.1 Å². The normalized spacial score (nSPS) is 20.8. The Kier molecular flexibility index (Phi) is 4.95. The summed E-state index contributed by atoms with van der Waals surface area (Å²) in [5, 5.41) is 6.21. The second-order valence-electron chi connectivity index (χ2n) is 8.75. The molecule has 3 aliphatic heterocycles. The molecule has 174 valence electrons. The van der Waals surface area contributed by atoms with Gasteiger partial charge in [-0.15, -0.1) is 0 Å². The molecule has 3 aliphatic rings. The maximum Gasteiger partial charge on any atom is 0.414 e. The molecule has 2 atom stereocenters. The van der Waals surface area contributed by atoms with Crippen molar-refractivity contribution >= 4 is 34.4 Å². The zero-order valence-electron chi connectivity index (χ0n) is 18.3. The van der Waals surface area contributed by atoms with Crippen LogP contribution in [0.25, 0.3) is 11.0 Å². The molecule has 3 aromatic rings. The summed E-state index contributed by atoms with van der Waals surface area (Å²) in [4.78, 5) is 42.1. The molecule has 0 unspecified atom stereocenters. The lowest BCUT2D eigenvalue weighted by atomic mass is 10.0. The summed E-state index contributed by atoms with van der Waals surface area (Å²) < 4.78 is 12.7. The Labute approximate surface area is 194 Å². The molecule has 34 heavy (non-hydrogen) atoms. The third-order valence-electron chi connectivity index (χ3n) is 6.55. The number of carbonyl (C=O) groups excluding carboxylic acids is 2. The number of aromatic nitrogens is 2. The number of para-hydroxylation sites is 1. The first-order valence-corrected chi connectivity index (χ1v) is 11.3. The van der Waals surface area contributed by atoms with E-state index >= 15 is 0 Å². The molecule has 10 nitrogen and oxygen atoms in total. The molecule has 2 amide bonds. The van der Waals surface area contributed by atoms with Crippen molar-refractivity contribution in [1.82, 2.24) is 14.9 Å². The number of carbonyl (C=O) groups is 2. The maximum atomic E-state index is 12.4. The van der Waals surface area contributed by atoms with Crippen LogP contribution >= 0.6 is 0 Å². The number of anilines is 2. The van der Waals surface area contributed by atoms with Gasteiger partial charge in [-0.2, -0.15) is 0 Å². The number of hydrogen-bond donors (Lipinski definition) is 2. The lowest BCUT2D eigenvalue weighted by Gasteiger charge is -2.20.